The first-order chi connectivity index (χ1) is 14.5. The topological polar surface area (TPSA) is 133 Å². The van der Waals surface area contributed by atoms with Gasteiger partial charge in [-0.05, 0) is 52.1 Å². The lowest BCUT2D eigenvalue weighted by atomic mass is 9.99. The van der Waals surface area contributed by atoms with Gasteiger partial charge in [0.25, 0.3) is 0 Å². The zero-order valence-corrected chi connectivity index (χ0v) is 16.9. The Hall–Kier alpha value is -3.30. The fourth-order valence-electron chi connectivity index (χ4n) is 2.99. The molecule has 0 saturated heterocycles. The number of aromatic nitrogens is 4. The number of carboxylic acid groups (broad SMARTS) is 1. The van der Waals surface area contributed by atoms with Gasteiger partial charge in [-0.2, -0.15) is 0 Å². The Morgan fingerprint density at radius 3 is 2.50 bits per heavy atom. The molecule has 0 bridgehead atoms. The maximum atomic E-state index is 12.7. The Labute approximate surface area is 177 Å². The molecule has 156 valence electrons. The van der Waals surface area contributed by atoms with Crippen LogP contribution in [0, 0.1) is 0 Å². The third-order valence-electron chi connectivity index (χ3n) is 4.56. The number of H-pyrrole nitrogens is 1. The van der Waals surface area contributed by atoms with E-state index in [9.17, 15) is 14.7 Å². The molecule has 1 aromatic heterocycles. The van der Waals surface area contributed by atoms with E-state index in [0.717, 1.165) is 16.7 Å². The molecule has 30 heavy (non-hydrogen) atoms. The quantitative estimate of drug-likeness (QED) is 0.411. The largest absolute Gasteiger partial charge is 0.480 e. The van der Waals surface area contributed by atoms with Crippen molar-refractivity contribution in [1.29, 1.82) is 0 Å². The predicted octanol–water partition coefficient (Wildman–Crippen LogP) is 2.52. The SMILES string of the molecule is CCC(N[C@@H](Cc1ccc(-c2cccc(Cl)c2)cc1)C(=O)Nc1nnn[nH]1)C(=O)O. The zero-order chi connectivity index (χ0) is 21.5. The molecule has 9 nitrogen and oxygen atoms in total. The van der Waals surface area contributed by atoms with E-state index in [0.29, 0.717) is 11.4 Å². The molecule has 0 radical (unpaired) electrons. The lowest BCUT2D eigenvalue weighted by Gasteiger charge is -2.22. The Kier molecular flexibility index (Phi) is 7.10. The van der Waals surface area contributed by atoms with Gasteiger partial charge in [0.2, 0.25) is 11.9 Å². The van der Waals surface area contributed by atoms with Crippen molar-refractivity contribution < 1.29 is 14.7 Å². The fourth-order valence-corrected chi connectivity index (χ4v) is 3.18. The molecule has 0 aliphatic rings. The second kappa shape index (κ2) is 9.95. The molecule has 3 rings (SSSR count). The monoisotopic (exact) mass is 428 g/mol. The van der Waals surface area contributed by atoms with Crippen LogP contribution in [-0.2, 0) is 16.0 Å². The molecule has 0 saturated carbocycles. The fraction of sp³-hybridized carbons (Fsp3) is 0.250. The summed E-state index contributed by atoms with van der Waals surface area (Å²) in [5, 5.41) is 28.4. The van der Waals surface area contributed by atoms with E-state index >= 15 is 0 Å². The first-order valence-corrected chi connectivity index (χ1v) is 9.72. The van der Waals surface area contributed by atoms with Crippen LogP contribution in [0.1, 0.15) is 18.9 Å². The second-order valence-electron chi connectivity index (χ2n) is 6.67. The number of nitrogens with one attached hydrogen (secondary N) is 3. The molecule has 1 heterocycles. The van der Waals surface area contributed by atoms with Gasteiger partial charge in [0.15, 0.2) is 0 Å². The number of hydrogen-bond donors (Lipinski definition) is 4. The van der Waals surface area contributed by atoms with Gasteiger partial charge in [-0.1, -0.05) is 60.0 Å². The van der Waals surface area contributed by atoms with Crippen LogP contribution in [0.2, 0.25) is 5.02 Å². The second-order valence-corrected chi connectivity index (χ2v) is 7.11. The first-order valence-electron chi connectivity index (χ1n) is 9.34. The van der Waals surface area contributed by atoms with E-state index in [1.807, 2.05) is 48.5 Å². The van der Waals surface area contributed by atoms with Crippen molar-refractivity contribution in [2.45, 2.75) is 31.8 Å². The van der Waals surface area contributed by atoms with Gasteiger partial charge in [-0.15, -0.1) is 0 Å². The van der Waals surface area contributed by atoms with Gasteiger partial charge < -0.3 is 5.11 Å². The minimum atomic E-state index is -1.02. The molecule has 2 aromatic carbocycles. The van der Waals surface area contributed by atoms with Crippen LogP contribution in [0.25, 0.3) is 11.1 Å². The van der Waals surface area contributed by atoms with Crippen LogP contribution >= 0.6 is 11.6 Å². The van der Waals surface area contributed by atoms with Crippen molar-refractivity contribution in [2.24, 2.45) is 0 Å². The van der Waals surface area contributed by atoms with Crippen LogP contribution in [0.3, 0.4) is 0 Å². The average molecular weight is 429 g/mol. The van der Waals surface area contributed by atoms with E-state index in [2.05, 4.69) is 31.3 Å². The van der Waals surface area contributed by atoms with Gasteiger partial charge >= 0.3 is 5.97 Å². The number of anilines is 1. The van der Waals surface area contributed by atoms with Crippen molar-refractivity contribution in [3.63, 3.8) is 0 Å². The maximum Gasteiger partial charge on any atom is 0.320 e. The third-order valence-corrected chi connectivity index (χ3v) is 4.80. The maximum absolute atomic E-state index is 12.7. The lowest BCUT2D eigenvalue weighted by molar-refractivity contribution is -0.139. The van der Waals surface area contributed by atoms with Crippen LogP contribution in [0.5, 0.6) is 0 Å². The number of carbonyl (C=O) groups excluding carboxylic acids is 1. The van der Waals surface area contributed by atoms with Gasteiger partial charge in [0, 0.05) is 5.02 Å². The molecule has 0 fully saturated rings. The summed E-state index contributed by atoms with van der Waals surface area (Å²) in [4.78, 5) is 24.2. The van der Waals surface area contributed by atoms with Gasteiger partial charge in [0.1, 0.15) is 6.04 Å². The summed E-state index contributed by atoms with van der Waals surface area (Å²) in [6, 6.07) is 13.5. The first kappa shape index (κ1) is 21.4. The average Bonchev–Trinajstić information content (AvgIpc) is 3.24. The zero-order valence-electron chi connectivity index (χ0n) is 16.2. The summed E-state index contributed by atoms with van der Waals surface area (Å²) in [5.41, 5.74) is 2.83. The molecule has 1 unspecified atom stereocenters. The number of benzene rings is 2. The number of aliphatic carboxylic acids is 1. The van der Waals surface area contributed by atoms with Crippen LogP contribution < -0.4 is 10.6 Å². The Morgan fingerprint density at radius 1 is 1.13 bits per heavy atom. The highest BCUT2D eigenvalue weighted by molar-refractivity contribution is 6.30. The predicted molar refractivity (Wildman–Crippen MR) is 112 cm³/mol. The number of tetrazole rings is 1. The van der Waals surface area contributed by atoms with Gasteiger partial charge in [-0.3, -0.25) is 20.2 Å². The number of carboxylic acids is 1. The van der Waals surface area contributed by atoms with E-state index in [4.69, 9.17) is 11.6 Å². The Balaban J connectivity index is 1.77. The van der Waals surface area contributed by atoms with Crippen LogP contribution in [0.4, 0.5) is 5.95 Å². The van der Waals surface area contributed by atoms with E-state index in [-0.39, 0.29) is 12.4 Å². The summed E-state index contributed by atoms with van der Waals surface area (Å²) in [6.07, 6.45) is 0.615. The third kappa shape index (κ3) is 5.62. The van der Waals surface area contributed by atoms with Crippen molar-refractivity contribution in [2.75, 3.05) is 5.32 Å². The van der Waals surface area contributed by atoms with Crippen molar-refractivity contribution in [3.8, 4) is 11.1 Å². The highest BCUT2D eigenvalue weighted by Gasteiger charge is 2.26. The minimum absolute atomic E-state index is 0.0893. The number of rotatable bonds is 9. The molecule has 0 aliphatic carbocycles. The Morgan fingerprint density at radius 2 is 1.90 bits per heavy atom. The lowest BCUT2D eigenvalue weighted by Crippen LogP contribution is -2.50. The highest BCUT2D eigenvalue weighted by atomic mass is 35.5. The number of nitrogens with zero attached hydrogens (tertiary/aromatic N) is 3. The van der Waals surface area contributed by atoms with Crippen molar-refractivity contribution in [1.82, 2.24) is 25.9 Å². The molecule has 4 N–H and O–H groups in total. The van der Waals surface area contributed by atoms with Crippen LogP contribution in [0.15, 0.2) is 48.5 Å². The van der Waals surface area contributed by atoms with Gasteiger partial charge in [-0.25, -0.2) is 5.10 Å². The smallest absolute Gasteiger partial charge is 0.320 e. The molecule has 0 aliphatic heterocycles. The van der Waals surface area contributed by atoms with E-state index in [1.54, 1.807) is 6.92 Å². The number of carbonyl (C=O) groups is 2. The normalized spacial score (nSPS) is 12.9. The minimum Gasteiger partial charge on any atom is -0.480 e. The molecule has 10 heteroatoms. The molecular formula is C20H21ClN6O3. The summed E-state index contributed by atoms with van der Waals surface area (Å²) >= 11 is 6.06. The summed E-state index contributed by atoms with van der Waals surface area (Å²) in [7, 11) is 0. The molecule has 0 spiro atoms. The number of amides is 1. The molecule has 1 amide bonds. The van der Waals surface area contributed by atoms with Crippen molar-refractivity contribution in [3.05, 3.63) is 59.1 Å². The number of halogens is 1. The van der Waals surface area contributed by atoms with Crippen LogP contribution in [-0.4, -0.2) is 49.7 Å². The molecule has 2 atom stereocenters. The number of hydrogen-bond acceptors (Lipinski definition) is 6. The van der Waals surface area contributed by atoms with E-state index in [1.165, 1.54) is 0 Å². The molecule has 3 aromatic rings. The number of aromatic amines is 1. The molecular weight excluding hydrogens is 408 g/mol. The summed E-state index contributed by atoms with van der Waals surface area (Å²) < 4.78 is 0. The van der Waals surface area contributed by atoms with Gasteiger partial charge in [0.05, 0.1) is 6.04 Å². The van der Waals surface area contributed by atoms with E-state index < -0.39 is 24.0 Å². The summed E-state index contributed by atoms with van der Waals surface area (Å²) in [5.74, 6) is -1.37. The standard InChI is InChI=1S/C20H21ClN6O3/c1-2-16(19(29)30)22-17(18(28)23-20-24-26-27-25-20)10-12-6-8-13(9-7-12)14-4-3-5-15(21)11-14/h3-9,11,16-17,22H,2,10H2,1H3,(H,29,30)(H2,23,24,25,26,27,28)/t16?,17-/m0/s1. The van der Waals surface area contributed by atoms with Crippen molar-refractivity contribution >= 4 is 29.4 Å². The highest BCUT2D eigenvalue weighted by Crippen LogP contribution is 2.23. The summed E-state index contributed by atoms with van der Waals surface area (Å²) in [6.45, 7) is 1.74. The Bertz CT molecular complexity index is 994.